The molecule has 6 heteroatoms. The van der Waals surface area contributed by atoms with E-state index >= 15 is 0 Å². The van der Waals surface area contributed by atoms with Crippen LogP contribution in [0.3, 0.4) is 0 Å². The van der Waals surface area contributed by atoms with Crippen molar-refractivity contribution in [3.05, 3.63) is 28.8 Å². The Balaban J connectivity index is 2.17. The van der Waals surface area contributed by atoms with Gasteiger partial charge in [-0.3, -0.25) is 0 Å². The molecule has 0 aromatic heterocycles. The van der Waals surface area contributed by atoms with Crippen LogP contribution in [0.5, 0.6) is 0 Å². The molecule has 102 valence electrons. The van der Waals surface area contributed by atoms with Crippen LogP contribution in [0.2, 0.25) is 5.02 Å². The van der Waals surface area contributed by atoms with E-state index in [4.69, 9.17) is 16.9 Å². The first-order chi connectivity index (χ1) is 8.86. The number of rotatable bonds is 4. The normalized spacial score (nSPS) is 17.5. The zero-order chi connectivity index (χ0) is 14.1. The maximum Gasteiger partial charge on any atom is 0.242 e. The van der Waals surface area contributed by atoms with Crippen molar-refractivity contribution < 1.29 is 8.42 Å². The van der Waals surface area contributed by atoms with E-state index in [1.165, 1.54) is 18.2 Å². The SMILES string of the molecule is CC1(CNS(=O)(=O)c2ccc(C#N)cc2Cl)CCC1. The van der Waals surface area contributed by atoms with Crippen molar-refractivity contribution in [1.29, 1.82) is 5.26 Å². The maximum absolute atomic E-state index is 12.2. The Labute approximate surface area is 118 Å². The lowest BCUT2D eigenvalue weighted by atomic mass is 9.71. The summed E-state index contributed by atoms with van der Waals surface area (Å²) < 4.78 is 26.9. The zero-order valence-corrected chi connectivity index (χ0v) is 12.2. The van der Waals surface area contributed by atoms with Crippen LogP contribution in [-0.2, 0) is 10.0 Å². The van der Waals surface area contributed by atoms with Gasteiger partial charge in [0.15, 0.2) is 0 Å². The van der Waals surface area contributed by atoms with Gasteiger partial charge < -0.3 is 0 Å². The Hall–Kier alpha value is -1.09. The van der Waals surface area contributed by atoms with Crippen LogP contribution in [0, 0.1) is 16.7 Å². The molecule has 0 unspecified atom stereocenters. The molecule has 1 saturated carbocycles. The number of hydrogen-bond donors (Lipinski definition) is 1. The molecule has 0 saturated heterocycles. The summed E-state index contributed by atoms with van der Waals surface area (Å²) in [4.78, 5) is 0.0242. The van der Waals surface area contributed by atoms with Gasteiger partial charge in [-0.2, -0.15) is 5.26 Å². The average Bonchev–Trinajstić information content (AvgIpc) is 2.33. The highest BCUT2D eigenvalue weighted by Crippen LogP contribution is 2.39. The second-order valence-electron chi connectivity index (χ2n) is 5.25. The molecule has 0 atom stereocenters. The van der Waals surface area contributed by atoms with E-state index in [9.17, 15) is 8.42 Å². The first-order valence-electron chi connectivity index (χ1n) is 6.06. The van der Waals surface area contributed by atoms with Gasteiger partial charge in [0.25, 0.3) is 0 Å². The molecule has 19 heavy (non-hydrogen) atoms. The van der Waals surface area contributed by atoms with Gasteiger partial charge in [0.1, 0.15) is 4.90 Å². The van der Waals surface area contributed by atoms with E-state index in [1.54, 1.807) is 0 Å². The molecule has 0 heterocycles. The van der Waals surface area contributed by atoms with Crippen molar-refractivity contribution in [2.24, 2.45) is 5.41 Å². The monoisotopic (exact) mass is 298 g/mol. The van der Waals surface area contributed by atoms with Gasteiger partial charge in [-0.15, -0.1) is 0 Å². The molecule has 1 fully saturated rings. The van der Waals surface area contributed by atoms with E-state index in [-0.39, 0.29) is 15.3 Å². The molecule has 2 rings (SSSR count). The highest BCUT2D eigenvalue weighted by Gasteiger charge is 2.33. The van der Waals surface area contributed by atoms with Gasteiger partial charge in [-0.05, 0) is 36.5 Å². The number of benzene rings is 1. The summed E-state index contributed by atoms with van der Waals surface area (Å²) in [5.74, 6) is 0. The molecule has 0 amide bonds. The van der Waals surface area contributed by atoms with E-state index in [0.717, 1.165) is 19.3 Å². The van der Waals surface area contributed by atoms with Gasteiger partial charge in [-0.25, -0.2) is 13.1 Å². The first-order valence-corrected chi connectivity index (χ1v) is 7.92. The van der Waals surface area contributed by atoms with Crippen LogP contribution < -0.4 is 4.72 Å². The lowest BCUT2D eigenvalue weighted by molar-refractivity contribution is 0.166. The Kier molecular flexibility index (Phi) is 3.86. The third-order valence-electron chi connectivity index (χ3n) is 3.60. The molecule has 0 radical (unpaired) electrons. The Bertz CT molecular complexity index is 631. The number of hydrogen-bond acceptors (Lipinski definition) is 3. The van der Waals surface area contributed by atoms with Crippen LogP contribution in [0.4, 0.5) is 0 Å². The topological polar surface area (TPSA) is 70.0 Å². The molecule has 1 aromatic carbocycles. The van der Waals surface area contributed by atoms with Crippen LogP contribution in [0.1, 0.15) is 31.7 Å². The van der Waals surface area contributed by atoms with Crippen LogP contribution in [0.15, 0.2) is 23.1 Å². The summed E-state index contributed by atoms with van der Waals surface area (Å²) in [6, 6.07) is 6.10. The van der Waals surface area contributed by atoms with Gasteiger partial charge in [0, 0.05) is 6.54 Å². The first kappa shape index (κ1) is 14.3. The molecule has 1 aromatic rings. The van der Waals surface area contributed by atoms with Crippen molar-refractivity contribution >= 4 is 21.6 Å². The van der Waals surface area contributed by atoms with Crippen LogP contribution >= 0.6 is 11.6 Å². The predicted molar refractivity (Wildman–Crippen MR) is 73.3 cm³/mol. The summed E-state index contributed by atoms with van der Waals surface area (Å²) in [5, 5.41) is 8.81. The van der Waals surface area contributed by atoms with Crippen molar-refractivity contribution in [3.8, 4) is 6.07 Å². The second kappa shape index (κ2) is 5.12. The number of nitrogens with one attached hydrogen (secondary N) is 1. The quantitative estimate of drug-likeness (QED) is 0.929. The highest BCUT2D eigenvalue weighted by atomic mass is 35.5. The minimum atomic E-state index is -3.62. The van der Waals surface area contributed by atoms with Gasteiger partial charge in [0.05, 0.1) is 16.7 Å². The molecule has 0 bridgehead atoms. The predicted octanol–water partition coefficient (Wildman–Crippen LogP) is 2.68. The summed E-state index contributed by atoms with van der Waals surface area (Å²) in [6.45, 7) is 2.49. The molecular weight excluding hydrogens is 284 g/mol. The van der Waals surface area contributed by atoms with E-state index in [2.05, 4.69) is 11.6 Å². The van der Waals surface area contributed by atoms with Gasteiger partial charge in [-0.1, -0.05) is 24.9 Å². The Morgan fingerprint density at radius 3 is 2.63 bits per heavy atom. The zero-order valence-electron chi connectivity index (χ0n) is 10.6. The van der Waals surface area contributed by atoms with Gasteiger partial charge >= 0.3 is 0 Å². The molecule has 1 N–H and O–H groups in total. The number of nitrogens with zero attached hydrogens (tertiary/aromatic N) is 1. The van der Waals surface area contributed by atoms with Crippen molar-refractivity contribution in [2.45, 2.75) is 31.1 Å². The van der Waals surface area contributed by atoms with E-state index in [1.807, 2.05) is 6.07 Å². The minimum absolute atomic E-state index is 0.0242. The number of nitriles is 1. The lowest BCUT2D eigenvalue weighted by Crippen LogP contribution is -2.39. The third-order valence-corrected chi connectivity index (χ3v) is 5.48. The second-order valence-corrected chi connectivity index (χ2v) is 7.39. The summed E-state index contributed by atoms with van der Waals surface area (Å²) >= 11 is 5.92. The molecule has 1 aliphatic rings. The lowest BCUT2D eigenvalue weighted by Gasteiger charge is -2.38. The largest absolute Gasteiger partial charge is 0.242 e. The number of halogens is 1. The fraction of sp³-hybridized carbons (Fsp3) is 0.462. The summed E-state index contributed by atoms with van der Waals surface area (Å²) in [7, 11) is -3.62. The molecule has 1 aliphatic carbocycles. The molecular formula is C13H15ClN2O2S. The molecule has 0 aliphatic heterocycles. The van der Waals surface area contributed by atoms with E-state index in [0.29, 0.717) is 12.1 Å². The Morgan fingerprint density at radius 2 is 2.16 bits per heavy atom. The van der Waals surface area contributed by atoms with E-state index < -0.39 is 10.0 Å². The van der Waals surface area contributed by atoms with Crippen molar-refractivity contribution in [1.82, 2.24) is 4.72 Å². The van der Waals surface area contributed by atoms with Crippen molar-refractivity contribution in [3.63, 3.8) is 0 Å². The van der Waals surface area contributed by atoms with Crippen LogP contribution in [-0.4, -0.2) is 15.0 Å². The Morgan fingerprint density at radius 1 is 1.47 bits per heavy atom. The highest BCUT2D eigenvalue weighted by molar-refractivity contribution is 7.89. The summed E-state index contributed by atoms with van der Waals surface area (Å²) in [6.07, 6.45) is 3.23. The van der Waals surface area contributed by atoms with Crippen molar-refractivity contribution in [2.75, 3.05) is 6.54 Å². The third kappa shape index (κ3) is 3.08. The molecule has 0 spiro atoms. The average molecular weight is 299 g/mol. The maximum atomic E-state index is 12.2. The summed E-state index contributed by atoms with van der Waals surface area (Å²) in [5.41, 5.74) is 0.404. The van der Waals surface area contributed by atoms with Gasteiger partial charge in [0.2, 0.25) is 10.0 Å². The smallest absolute Gasteiger partial charge is 0.211 e. The molecule has 4 nitrogen and oxygen atoms in total. The minimum Gasteiger partial charge on any atom is -0.211 e. The fourth-order valence-electron chi connectivity index (χ4n) is 2.09. The fourth-order valence-corrected chi connectivity index (χ4v) is 3.83. The standard InChI is InChI=1S/C13H15ClN2O2S/c1-13(5-2-6-13)9-16-19(17,18)12-4-3-10(8-15)7-11(12)14/h3-4,7,16H,2,5-6,9H2,1H3. The van der Waals surface area contributed by atoms with Crippen LogP contribution in [0.25, 0.3) is 0 Å². The number of sulfonamides is 1.